The molecule has 2 N–H and O–H groups in total. The number of carbonyl (C=O) groups is 1. The molecule has 0 saturated heterocycles. The van der Waals surface area contributed by atoms with Crippen molar-refractivity contribution < 1.29 is 13.9 Å². The van der Waals surface area contributed by atoms with Crippen LogP contribution in [-0.2, 0) is 11.3 Å². The van der Waals surface area contributed by atoms with Gasteiger partial charge in [0.1, 0.15) is 17.1 Å². The Morgan fingerprint density at radius 1 is 1.33 bits per heavy atom. The zero-order valence-electron chi connectivity index (χ0n) is 11.8. The second-order valence-electron chi connectivity index (χ2n) is 4.52. The summed E-state index contributed by atoms with van der Waals surface area (Å²) in [7, 11) is 3.30. The Labute approximate surface area is 127 Å². The molecule has 1 aromatic heterocycles. The minimum atomic E-state index is -0.151. The first kappa shape index (κ1) is 17.0. The fraction of sp³-hybridized carbons (Fsp3) is 0.286. The zero-order valence-corrected chi connectivity index (χ0v) is 12.6. The summed E-state index contributed by atoms with van der Waals surface area (Å²) in [5.74, 6) is 0.719. The number of carbonyl (C=O) groups excluding carboxylic acids is 1. The third kappa shape index (κ3) is 3.96. The molecule has 1 heterocycles. The minimum Gasteiger partial charge on any atom is -0.484 e. The van der Waals surface area contributed by atoms with Gasteiger partial charge in [-0.15, -0.1) is 12.4 Å². The Balaban J connectivity index is 0.00000220. The predicted octanol–water partition coefficient (Wildman–Crippen LogP) is 1.14. The number of ether oxygens (including phenoxy) is 1. The molecule has 1 amide bonds. The van der Waals surface area contributed by atoms with Crippen LogP contribution in [0, 0.1) is 0 Å². The summed E-state index contributed by atoms with van der Waals surface area (Å²) < 4.78 is 10.9. The molecule has 0 aliphatic heterocycles. The van der Waals surface area contributed by atoms with Crippen LogP contribution in [0.15, 0.2) is 33.5 Å². The smallest absolute Gasteiger partial charge is 0.259 e. The first-order chi connectivity index (χ1) is 9.51. The molecule has 114 valence electrons. The highest BCUT2D eigenvalue weighted by atomic mass is 35.5. The lowest BCUT2D eigenvalue weighted by atomic mass is 10.2. The van der Waals surface area contributed by atoms with Crippen molar-refractivity contribution in [1.82, 2.24) is 4.90 Å². The summed E-state index contributed by atoms with van der Waals surface area (Å²) in [6, 6.07) is 6.19. The molecule has 0 aliphatic carbocycles. The van der Waals surface area contributed by atoms with Crippen LogP contribution in [0.25, 0.3) is 11.0 Å². The molecule has 0 spiro atoms. The van der Waals surface area contributed by atoms with Crippen molar-refractivity contribution in [2.75, 3.05) is 20.7 Å². The van der Waals surface area contributed by atoms with Crippen molar-refractivity contribution in [2.45, 2.75) is 6.54 Å². The molecule has 0 aliphatic rings. The van der Waals surface area contributed by atoms with Gasteiger partial charge in [0, 0.05) is 26.2 Å². The van der Waals surface area contributed by atoms with Gasteiger partial charge in [-0.2, -0.15) is 0 Å². The van der Waals surface area contributed by atoms with Crippen molar-refractivity contribution in [1.29, 1.82) is 0 Å². The lowest BCUT2D eigenvalue weighted by Gasteiger charge is -2.11. The number of nitrogens with two attached hydrogens (primary N) is 1. The van der Waals surface area contributed by atoms with Crippen LogP contribution >= 0.6 is 12.4 Å². The molecule has 21 heavy (non-hydrogen) atoms. The molecular formula is C14H17ClN2O4. The fourth-order valence-electron chi connectivity index (χ4n) is 1.65. The summed E-state index contributed by atoms with van der Waals surface area (Å²) in [6.45, 7) is 0.0781. The molecule has 2 aromatic rings. The Morgan fingerprint density at radius 3 is 2.67 bits per heavy atom. The first-order valence-electron chi connectivity index (χ1n) is 6.11. The molecule has 7 heteroatoms. The highest BCUT2D eigenvalue weighted by Crippen LogP contribution is 2.19. The fourth-order valence-corrected chi connectivity index (χ4v) is 1.65. The second kappa shape index (κ2) is 7.10. The SMILES string of the molecule is CN(C)C(=O)COc1ccc2c(=O)cc(CN)oc2c1.Cl. The van der Waals surface area contributed by atoms with Crippen LogP contribution in [-0.4, -0.2) is 31.5 Å². The van der Waals surface area contributed by atoms with E-state index in [1.54, 1.807) is 32.3 Å². The normalized spacial score (nSPS) is 10.0. The quantitative estimate of drug-likeness (QED) is 0.915. The number of hydrogen-bond acceptors (Lipinski definition) is 5. The Morgan fingerprint density at radius 2 is 2.05 bits per heavy atom. The number of hydrogen-bond donors (Lipinski definition) is 1. The van der Waals surface area contributed by atoms with E-state index in [1.807, 2.05) is 0 Å². The summed E-state index contributed by atoms with van der Waals surface area (Å²) in [5.41, 5.74) is 5.71. The molecule has 0 saturated carbocycles. The number of rotatable bonds is 4. The van der Waals surface area contributed by atoms with Crippen molar-refractivity contribution in [2.24, 2.45) is 5.73 Å². The number of amides is 1. The van der Waals surface area contributed by atoms with Crippen LogP contribution < -0.4 is 15.9 Å². The van der Waals surface area contributed by atoms with Gasteiger partial charge in [0.05, 0.1) is 11.9 Å². The lowest BCUT2D eigenvalue weighted by molar-refractivity contribution is -0.130. The van der Waals surface area contributed by atoms with Crippen molar-refractivity contribution in [3.05, 3.63) is 40.2 Å². The van der Waals surface area contributed by atoms with E-state index >= 15 is 0 Å². The van der Waals surface area contributed by atoms with Gasteiger partial charge in [-0.1, -0.05) is 0 Å². The highest BCUT2D eigenvalue weighted by Gasteiger charge is 2.08. The van der Waals surface area contributed by atoms with E-state index in [0.29, 0.717) is 22.5 Å². The number of fused-ring (bicyclic) bond motifs is 1. The van der Waals surface area contributed by atoms with Gasteiger partial charge in [-0.05, 0) is 12.1 Å². The molecule has 0 fully saturated rings. The van der Waals surface area contributed by atoms with Gasteiger partial charge < -0.3 is 19.8 Å². The Bertz CT molecular complexity index is 697. The molecule has 2 rings (SSSR count). The minimum absolute atomic E-state index is 0. The number of nitrogens with zero attached hydrogens (tertiary/aromatic N) is 1. The topological polar surface area (TPSA) is 85.8 Å². The molecule has 0 bridgehead atoms. The van der Waals surface area contributed by atoms with Crippen LogP contribution in [0.1, 0.15) is 5.76 Å². The summed E-state index contributed by atoms with van der Waals surface area (Å²) >= 11 is 0. The lowest BCUT2D eigenvalue weighted by Crippen LogP contribution is -2.27. The van der Waals surface area contributed by atoms with Crippen molar-refractivity contribution >= 4 is 29.3 Å². The maximum Gasteiger partial charge on any atom is 0.259 e. The van der Waals surface area contributed by atoms with Gasteiger partial charge in [-0.3, -0.25) is 9.59 Å². The van der Waals surface area contributed by atoms with E-state index in [2.05, 4.69) is 0 Å². The van der Waals surface area contributed by atoms with E-state index in [9.17, 15) is 9.59 Å². The summed E-state index contributed by atoms with van der Waals surface area (Å²) in [4.78, 5) is 24.7. The standard InChI is InChI=1S/C14H16N2O4.ClH/c1-16(2)14(18)8-19-9-3-4-11-12(17)5-10(7-15)20-13(11)6-9;/h3-6H,7-8,15H2,1-2H3;1H. The largest absolute Gasteiger partial charge is 0.484 e. The second-order valence-corrected chi connectivity index (χ2v) is 4.52. The van der Waals surface area contributed by atoms with Gasteiger partial charge >= 0.3 is 0 Å². The Kier molecular flexibility index (Phi) is 5.75. The van der Waals surface area contributed by atoms with E-state index in [0.717, 1.165) is 0 Å². The van der Waals surface area contributed by atoms with Crippen LogP contribution in [0.5, 0.6) is 5.75 Å². The molecule has 0 unspecified atom stereocenters. The maximum absolute atomic E-state index is 11.8. The molecule has 0 atom stereocenters. The van der Waals surface area contributed by atoms with E-state index in [1.165, 1.54) is 11.0 Å². The van der Waals surface area contributed by atoms with Gasteiger partial charge in [0.2, 0.25) is 0 Å². The third-order valence-electron chi connectivity index (χ3n) is 2.81. The van der Waals surface area contributed by atoms with E-state index < -0.39 is 0 Å². The van der Waals surface area contributed by atoms with Gasteiger partial charge in [0.25, 0.3) is 5.91 Å². The average Bonchev–Trinajstić information content (AvgIpc) is 2.43. The van der Waals surface area contributed by atoms with Crippen molar-refractivity contribution in [3.63, 3.8) is 0 Å². The number of benzene rings is 1. The monoisotopic (exact) mass is 312 g/mol. The summed E-state index contributed by atoms with van der Waals surface area (Å²) in [6.07, 6.45) is 0. The van der Waals surface area contributed by atoms with Crippen LogP contribution in [0.3, 0.4) is 0 Å². The van der Waals surface area contributed by atoms with E-state index in [-0.39, 0.29) is 36.9 Å². The van der Waals surface area contributed by atoms with Crippen molar-refractivity contribution in [3.8, 4) is 5.75 Å². The predicted molar refractivity (Wildman–Crippen MR) is 81.8 cm³/mol. The zero-order chi connectivity index (χ0) is 14.7. The third-order valence-corrected chi connectivity index (χ3v) is 2.81. The van der Waals surface area contributed by atoms with Crippen LogP contribution in [0.2, 0.25) is 0 Å². The number of likely N-dealkylation sites (N-methyl/N-ethyl adjacent to an activating group) is 1. The molecule has 0 radical (unpaired) electrons. The molecular weight excluding hydrogens is 296 g/mol. The number of halogens is 1. The first-order valence-corrected chi connectivity index (χ1v) is 6.11. The van der Waals surface area contributed by atoms with Crippen LogP contribution in [0.4, 0.5) is 0 Å². The maximum atomic E-state index is 11.8. The average molecular weight is 313 g/mol. The highest BCUT2D eigenvalue weighted by molar-refractivity contribution is 5.85. The Hall–Kier alpha value is -2.05. The van der Waals surface area contributed by atoms with E-state index in [4.69, 9.17) is 14.9 Å². The van der Waals surface area contributed by atoms with Gasteiger partial charge in [-0.25, -0.2) is 0 Å². The molecule has 1 aromatic carbocycles. The van der Waals surface area contributed by atoms with Gasteiger partial charge in [0.15, 0.2) is 12.0 Å². The summed E-state index contributed by atoms with van der Waals surface area (Å²) in [5, 5.41) is 0.452. The molecule has 6 nitrogen and oxygen atoms in total.